The maximum atomic E-state index is 14.0. The van der Waals surface area contributed by atoms with Crippen LogP contribution < -0.4 is 20.3 Å². The average molecular weight is 569 g/mol. The van der Waals surface area contributed by atoms with Crippen LogP contribution in [0.4, 0.5) is 14.6 Å². The number of amides is 2. The summed E-state index contributed by atoms with van der Waals surface area (Å²) in [5.74, 6) is -0.118. The molecule has 5 rings (SSSR count). The highest BCUT2D eigenvalue weighted by atomic mass is 35.5. The zero-order valence-corrected chi connectivity index (χ0v) is 23.1. The zero-order chi connectivity index (χ0) is 28.4. The molecule has 2 fully saturated rings. The van der Waals surface area contributed by atoms with Gasteiger partial charge in [0.2, 0.25) is 0 Å². The van der Waals surface area contributed by atoms with E-state index in [4.69, 9.17) is 16.3 Å². The number of carbonyl (C=O) groups excluding carboxylic acids is 2. The topological polar surface area (TPSA) is 83.6 Å². The van der Waals surface area contributed by atoms with E-state index in [0.717, 1.165) is 55.7 Å². The maximum absolute atomic E-state index is 14.0. The van der Waals surface area contributed by atoms with E-state index in [9.17, 15) is 18.4 Å². The third-order valence-electron chi connectivity index (χ3n) is 7.98. The fourth-order valence-electron chi connectivity index (χ4n) is 5.92. The normalized spacial score (nSPS) is 20.1. The van der Waals surface area contributed by atoms with Crippen molar-refractivity contribution < 1.29 is 23.1 Å². The van der Waals surface area contributed by atoms with Crippen LogP contribution in [0.1, 0.15) is 57.5 Å². The molecule has 2 heterocycles. The minimum Gasteiger partial charge on any atom is -0.496 e. The van der Waals surface area contributed by atoms with Gasteiger partial charge in [-0.3, -0.25) is 9.59 Å². The van der Waals surface area contributed by atoms with E-state index in [-0.39, 0.29) is 35.1 Å². The highest BCUT2D eigenvalue weighted by Crippen LogP contribution is 2.39. The van der Waals surface area contributed by atoms with Crippen molar-refractivity contribution in [1.82, 2.24) is 15.6 Å². The third kappa shape index (κ3) is 5.61. The molecule has 0 spiro atoms. The highest BCUT2D eigenvalue weighted by molar-refractivity contribution is 6.31. The summed E-state index contributed by atoms with van der Waals surface area (Å²) in [7, 11) is 1.59. The summed E-state index contributed by atoms with van der Waals surface area (Å²) in [4.78, 5) is 32.5. The van der Waals surface area contributed by atoms with Gasteiger partial charge in [-0.2, -0.15) is 0 Å². The largest absolute Gasteiger partial charge is 0.496 e. The molecule has 1 aliphatic heterocycles. The van der Waals surface area contributed by atoms with E-state index in [1.807, 2.05) is 25.1 Å². The van der Waals surface area contributed by atoms with Gasteiger partial charge in [-0.05, 0) is 74.9 Å². The van der Waals surface area contributed by atoms with E-state index in [2.05, 4.69) is 20.5 Å². The van der Waals surface area contributed by atoms with Crippen LogP contribution in [0.25, 0.3) is 0 Å². The van der Waals surface area contributed by atoms with Crippen LogP contribution in [0.2, 0.25) is 5.02 Å². The lowest BCUT2D eigenvalue weighted by Crippen LogP contribution is -2.43. The van der Waals surface area contributed by atoms with Crippen molar-refractivity contribution in [3.05, 3.63) is 87.6 Å². The molecule has 210 valence electrons. The minimum absolute atomic E-state index is 0.0498. The molecule has 40 heavy (non-hydrogen) atoms. The minimum atomic E-state index is -0.748. The summed E-state index contributed by atoms with van der Waals surface area (Å²) in [6.45, 7) is 2.47. The van der Waals surface area contributed by atoms with E-state index in [1.54, 1.807) is 19.2 Å². The summed E-state index contributed by atoms with van der Waals surface area (Å²) >= 11 is 5.85. The van der Waals surface area contributed by atoms with E-state index in [1.165, 1.54) is 6.20 Å². The standard InChI is InChI=1S/C30H31ClF2N4O3/c1-17-21(6-3-7-26(17)40-2)30(39)36-20-13-18-5-4-12-37(25(18)14-20)27-11-8-19(15-34-27)29(38)35-16-22-23(32)9-10-24(33)28(22)31/h3,6-11,15,18,20,25H,4-5,12-14,16H2,1-2H3,(H,35,38)(H,36,39). The number of carbonyl (C=O) groups is 2. The number of halogens is 3. The number of nitrogens with one attached hydrogen (secondary N) is 2. The number of fused-ring (bicyclic) bond motifs is 1. The molecule has 2 aliphatic rings. The molecule has 3 aromatic rings. The Kier molecular flexibility index (Phi) is 8.21. The van der Waals surface area contributed by atoms with Gasteiger partial charge >= 0.3 is 0 Å². The SMILES string of the molecule is COc1cccc(C(=O)NC2CC3CCCN(c4ccc(C(=O)NCc5c(F)ccc(F)c5Cl)cn4)C3C2)c1C. The molecule has 1 saturated carbocycles. The molecule has 7 nitrogen and oxygen atoms in total. The highest BCUT2D eigenvalue weighted by Gasteiger charge is 2.41. The van der Waals surface area contributed by atoms with Gasteiger partial charge < -0.3 is 20.3 Å². The lowest BCUT2D eigenvalue weighted by atomic mass is 9.92. The summed E-state index contributed by atoms with van der Waals surface area (Å²) in [5.41, 5.74) is 1.62. The molecule has 2 amide bonds. The van der Waals surface area contributed by atoms with Crippen LogP contribution in [-0.4, -0.2) is 42.5 Å². The Balaban J connectivity index is 1.22. The average Bonchev–Trinajstić information content (AvgIpc) is 3.37. The van der Waals surface area contributed by atoms with Crippen molar-refractivity contribution in [2.45, 2.75) is 51.2 Å². The van der Waals surface area contributed by atoms with Crippen LogP contribution >= 0.6 is 11.6 Å². The fourth-order valence-corrected chi connectivity index (χ4v) is 6.14. The number of methoxy groups -OCH3 is 1. The first-order chi connectivity index (χ1) is 19.3. The Morgan fingerprint density at radius 3 is 2.65 bits per heavy atom. The van der Waals surface area contributed by atoms with Gasteiger partial charge in [0.15, 0.2) is 0 Å². The van der Waals surface area contributed by atoms with Crippen LogP contribution in [0.15, 0.2) is 48.7 Å². The third-order valence-corrected chi connectivity index (χ3v) is 8.39. The summed E-state index contributed by atoms with van der Waals surface area (Å²) in [6.07, 6.45) is 5.29. The van der Waals surface area contributed by atoms with Crippen LogP contribution in [0.5, 0.6) is 5.75 Å². The second kappa shape index (κ2) is 11.8. The lowest BCUT2D eigenvalue weighted by molar-refractivity contribution is 0.0932. The van der Waals surface area contributed by atoms with Crippen LogP contribution in [0, 0.1) is 24.5 Å². The van der Waals surface area contributed by atoms with Gasteiger partial charge in [0.1, 0.15) is 23.2 Å². The second-order valence-electron chi connectivity index (χ2n) is 10.3. The number of hydrogen-bond donors (Lipinski definition) is 2. The van der Waals surface area contributed by atoms with Crippen molar-refractivity contribution >= 4 is 29.2 Å². The van der Waals surface area contributed by atoms with Gasteiger partial charge in [0, 0.05) is 48.1 Å². The number of hydrogen-bond acceptors (Lipinski definition) is 5. The second-order valence-corrected chi connectivity index (χ2v) is 10.7. The number of rotatable bonds is 7. The predicted molar refractivity (Wildman–Crippen MR) is 149 cm³/mol. The van der Waals surface area contributed by atoms with Gasteiger partial charge in [-0.15, -0.1) is 0 Å². The summed E-state index contributed by atoms with van der Waals surface area (Å²) in [5, 5.41) is 5.45. The van der Waals surface area contributed by atoms with Gasteiger partial charge in [-0.1, -0.05) is 17.7 Å². The number of pyridine rings is 1. The first kappa shape index (κ1) is 27.8. The Morgan fingerprint density at radius 1 is 1.10 bits per heavy atom. The fraction of sp³-hybridized carbons (Fsp3) is 0.367. The Bertz CT molecular complexity index is 1420. The van der Waals surface area contributed by atoms with Crippen molar-refractivity contribution in [3.63, 3.8) is 0 Å². The van der Waals surface area contributed by atoms with E-state index >= 15 is 0 Å². The van der Waals surface area contributed by atoms with Gasteiger partial charge in [0.05, 0.1) is 17.7 Å². The predicted octanol–water partition coefficient (Wildman–Crippen LogP) is 5.44. The number of piperidine rings is 1. The molecule has 0 radical (unpaired) electrons. The summed E-state index contributed by atoms with van der Waals surface area (Å²) < 4.78 is 33.1. The number of benzene rings is 2. The summed E-state index contributed by atoms with van der Waals surface area (Å²) in [6, 6.07) is 11.2. The van der Waals surface area contributed by atoms with Crippen LogP contribution in [0.3, 0.4) is 0 Å². The molecule has 1 aromatic heterocycles. The van der Waals surface area contributed by atoms with Crippen LogP contribution in [-0.2, 0) is 6.54 Å². The Morgan fingerprint density at radius 2 is 1.90 bits per heavy atom. The first-order valence-corrected chi connectivity index (χ1v) is 13.7. The molecule has 1 saturated heterocycles. The molecule has 1 aliphatic carbocycles. The number of aromatic nitrogens is 1. The Hall–Kier alpha value is -3.72. The van der Waals surface area contributed by atoms with Gasteiger partial charge in [-0.25, -0.2) is 13.8 Å². The number of anilines is 1. The first-order valence-electron chi connectivity index (χ1n) is 13.3. The molecule has 2 aromatic carbocycles. The van der Waals surface area contributed by atoms with Crippen molar-refractivity contribution in [2.75, 3.05) is 18.6 Å². The molecular weight excluding hydrogens is 538 g/mol. The molecular formula is C30H31ClF2N4O3. The number of ether oxygens (including phenoxy) is 1. The Labute approximate surface area is 236 Å². The maximum Gasteiger partial charge on any atom is 0.253 e. The lowest BCUT2D eigenvalue weighted by Gasteiger charge is -2.38. The smallest absolute Gasteiger partial charge is 0.253 e. The molecule has 3 unspecified atom stereocenters. The van der Waals surface area contributed by atoms with E-state index < -0.39 is 17.5 Å². The number of nitrogens with zero attached hydrogens (tertiary/aromatic N) is 2. The molecule has 10 heteroatoms. The van der Waals surface area contributed by atoms with E-state index in [0.29, 0.717) is 22.8 Å². The van der Waals surface area contributed by atoms with Crippen molar-refractivity contribution in [2.24, 2.45) is 5.92 Å². The molecule has 2 N–H and O–H groups in total. The quantitative estimate of drug-likeness (QED) is 0.371. The zero-order valence-electron chi connectivity index (χ0n) is 22.3. The van der Waals surface area contributed by atoms with Crippen molar-refractivity contribution in [1.29, 1.82) is 0 Å². The molecule has 0 bridgehead atoms. The molecule has 3 atom stereocenters. The monoisotopic (exact) mass is 568 g/mol. The van der Waals surface area contributed by atoms with Gasteiger partial charge in [0.25, 0.3) is 11.8 Å². The van der Waals surface area contributed by atoms with Crippen molar-refractivity contribution in [3.8, 4) is 5.75 Å².